The summed E-state index contributed by atoms with van der Waals surface area (Å²) in [7, 11) is 0. The monoisotopic (exact) mass is 179 g/mol. The highest BCUT2D eigenvalue weighted by Crippen LogP contribution is 2.57. The van der Waals surface area contributed by atoms with Crippen LogP contribution in [0.2, 0.25) is 0 Å². The van der Waals surface area contributed by atoms with Crippen molar-refractivity contribution in [2.75, 3.05) is 0 Å². The average Bonchev–Trinajstić information content (AvgIpc) is 2.64. The Morgan fingerprint density at radius 3 is 2.23 bits per heavy atom. The fourth-order valence-corrected chi connectivity index (χ4v) is 3.04. The van der Waals surface area contributed by atoms with Crippen molar-refractivity contribution >= 4 is 0 Å². The van der Waals surface area contributed by atoms with Crippen LogP contribution in [-0.4, -0.2) is 10.7 Å². The Balaban J connectivity index is 2.26. The lowest BCUT2D eigenvalue weighted by Gasteiger charge is -2.52. The first-order valence-corrected chi connectivity index (χ1v) is 5.28. The second kappa shape index (κ2) is 2.72. The van der Waals surface area contributed by atoms with Gasteiger partial charge in [-0.15, -0.1) is 0 Å². The predicted molar refractivity (Wildman–Crippen MR) is 49.9 cm³/mol. The Labute approximate surface area is 79.6 Å². The van der Waals surface area contributed by atoms with Gasteiger partial charge >= 0.3 is 0 Å². The standard InChI is InChI=1S/C11H17NO/c1-9-4-7-11(9,13)10(8-12)5-2-3-6-10/h9,13H,2-7H2,1H3. The van der Waals surface area contributed by atoms with Gasteiger partial charge in [0.15, 0.2) is 0 Å². The summed E-state index contributed by atoms with van der Waals surface area (Å²) in [5.74, 6) is 0.324. The molecule has 0 aliphatic heterocycles. The van der Waals surface area contributed by atoms with Crippen molar-refractivity contribution in [3.8, 4) is 6.07 Å². The van der Waals surface area contributed by atoms with Crippen molar-refractivity contribution in [3.05, 3.63) is 0 Å². The van der Waals surface area contributed by atoms with E-state index in [2.05, 4.69) is 13.0 Å². The van der Waals surface area contributed by atoms with Crippen LogP contribution in [0, 0.1) is 22.7 Å². The first kappa shape index (κ1) is 9.02. The number of rotatable bonds is 1. The summed E-state index contributed by atoms with van der Waals surface area (Å²) >= 11 is 0. The molecule has 2 atom stereocenters. The Hall–Kier alpha value is -0.550. The molecular weight excluding hydrogens is 162 g/mol. The van der Waals surface area contributed by atoms with E-state index in [-0.39, 0.29) is 0 Å². The van der Waals surface area contributed by atoms with E-state index in [1.165, 1.54) is 0 Å². The number of hydrogen-bond donors (Lipinski definition) is 1. The van der Waals surface area contributed by atoms with Crippen LogP contribution in [0.15, 0.2) is 0 Å². The normalized spacial score (nSPS) is 42.4. The van der Waals surface area contributed by atoms with Crippen molar-refractivity contribution in [2.24, 2.45) is 11.3 Å². The molecule has 0 saturated heterocycles. The lowest BCUT2D eigenvalue weighted by molar-refractivity contribution is -0.156. The Morgan fingerprint density at radius 1 is 1.31 bits per heavy atom. The SMILES string of the molecule is CC1CCC1(O)C1(C#N)CCCC1. The van der Waals surface area contributed by atoms with E-state index in [9.17, 15) is 10.4 Å². The van der Waals surface area contributed by atoms with Crippen molar-refractivity contribution in [1.29, 1.82) is 5.26 Å². The molecule has 2 heteroatoms. The first-order chi connectivity index (χ1) is 6.15. The lowest BCUT2D eigenvalue weighted by Crippen LogP contribution is -2.57. The molecular formula is C11H17NO. The van der Waals surface area contributed by atoms with Crippen LogP contribution in [0.1, 0.15) is 45.4 Å². The molecule has 0 heterocycles. The van der Waals surface area contributed by atoms with Crippen LogP contribution >= 0.6 is 0 Å². The second-order valence-electron chi connectivity index (χ2n) is 4.76. The van der Waals surface area contributed by atoms with Crippen LogP contribution in [0.25, 0.3) is 0 Å². The maximum atomic E-state index is 10.4. The van der Waals surface area contributed by atoms with E-state index < -0.39 is 11.0 Å². The molecule has 2 fully saturated rings. The smallest absolute Gasteiger partial charge is 0.0862 e. The number of aliphatic hydroxyl groups is 1. The molecule has 2 nitrogen and oxygen atoms in total. The molecule has 2 unspecified atom stereocenters. The maximum Gasteiger partial charge on any atom is 0.0862 e. The molecule has 2 rings (SSSR count). The lowest BCUT2D eigenvalue weighted by atomic mass is 9.55. The largest absolute Gasteiger partial charge is 0.388 e. The zero-order valence-corrected chi connectivity index (χ0v) is 8.21. The fraction of sp³-hybridized carbons (Fsp3) is 0.909. The van der Waals surface area contributed by atoms with Gasteiger partial charge in [-0.2, -0.15) is 5.26 Å². The number of nitrogens with zero attached hydrogens (tertiary/aromatic N) is 1. The van der Waals surface area contributed by atoms with Crippen molar-refractivity contribution in [1.82, 2.24) is 0 Å². The summed E-state index contributed by atoms with van der Waals surface area (Å²) in [6, 6.07) is 2.40. The van der Waals surface area contributed by atoms with Gasteiger partial charge in [-0.1, -0.05) is 19.8 Å². The third-order valence-electron chi connectivity index (χ3n) is 4.27. The van der Waals surface area contributed by atoms with E-state index in [1.54, 1.807) is 0 Å². The van der Waals surface area contributed by atoms with Gasteiger partial charge in [-0.25, -0.2) is 0 Å². The molecule has 2 saturated carbocycles. The van der Waals surface area contributed by atoms with Crippen LogP contribution in [-0.2, 0) is 0 Å². The Kier molecular flexibility index (Phi) is 1.89. The third-order valence-corrected chi connectivity index (χ3v) is 4.27. The van der Waals surface area contributed by atoms with Crippen molar-refractivity contribution < 1.29 is 5.11 Å². The van der Waals surface area contributed by atoms with E-state index in [0.717, 1.165) is 38.5 Å². The van der Waals surface area contributed by atoms with Crippen LogP contribution in [0.5, 0.6) is 0 Å². The summed E-state index contributed by atoms with van der Waals surface area (Å²) in [6.45, 7) is 2.07. The average molecular weight is 179 g/mol. The van der Waals surface area contributed by atoms with Gasteiger partial charge < -0.3 is 5.11 Å². The van der Waals surface area contributed by atoms with Gasteiger partial charge in [0.05, 0.1) is 17.1 Å². The molecule has 0 amide bonds. The molecule has 0 aromatic heterocycles. The second-order valence-corrected chi connectivity index (χ2v) is 4.76. The highest BCUT2D eigenvalue weighted by molar-refractivity contribution is 5.18. The molecule has 13 heavy (non-hydrogen) atoms. The van der Waals surface area contributed by atoms with E-state index in [0.29, 0.717) is 5.92 Å². The Morgan fingerprint density at radius 2 is 1.92 bits per heavy atom. The molecule has 0 radical (unpaired) electrons. The molecule has 2 aliphatic rings. The minimum Gasteiger partial charge on any atom is -0.388 e. The van der Waals surface area contributed by atoms with E-state index >= 15 is 0 Å². The van der Waals surface area contributed by atoms with Gasteiger partial charge in [-0.05, 0) is 31.6 Å². The molecule has 2 aliphatic carbocycles. The van der Waals surface area contributed by atoms with Gasteiger partial charge in [0.1, 0.15) is 0 Å². The maximum absolute atomic E-state index is 10.4. The van der Waals surface area contributed by atoms with Crippen LogP contribution in [0.3, 0.4) is 0 Å². The van der Waals surface area contributed by atoms with Gasteiger partial charge in [0.2, 0.25) is 0 Å². The highest BCUT2D eigenvalue weighted by Gasteiger charge is 2.59. The minimum absolute atomic E-state index is 0.324. The summed E-state index contributed by atoms with van der Waals surface area (Å²) in [5.41, 5.74) is -1.05. The zero-order chi connectivity index (χ0) is 9.53. The van der Waals surface area contributed by atoms with Gasteiger partial charge in [0.25, 0.3) is 0 Å². The minimum atomic E-state index is -0.655. The van der Waals surface area contributed by atoms with Crippen molar-refractivity contribution in [2.45, 2.75) is 51.0 Å². The molecule has 0 aromatic carbocycles. The summed E-state index contributed by atoms with van der Waals surface area (Å²) in [5, 5.41) is 19.6. The van der Waals surface area contributed by atoms with Crippen LogP contribution in [0.4, 0.5) is 0 Å². The molecule has 72 valence electrons. The summed E-state index contributed by atoms with van der Waals surface area (Å²) in [4.78, 5) is 0. The summed E-state index contributed by atoms with van der Waals surface area (Å²) < 4.78 is 0. The first-order valence-electron chi connectivity index (χ1n) is 5.28. The van der Waals surface area contributed by atoms with Gasteiger partial charge in [0, 0.05) is 0 Å². The molecule has 0 bridgehead atoms. The molecule has 1 N–H and O–H groups in total. The highest BCUT2D eigenvalue weighted by atomic mass is 16.3. The number of nitriles is 1. The van der Waals surface area contributed by atoms with E-state index in [4.69, 9.17) is 0 Å². The van der Waals surface area contributed by atoms with Gasteiger partial charge in [-0.3, -0.25) is 0 Å². The summed E-state index contributed by atoms with van der Waals surface area (Å²) in [6.07, 6.45) is 5.96. The fourth-order valence-electron chi connectivity index (χ4n) is 3.04. The van der Waals surface area contributed by atoms with Crippen LogP contribution < -0.4 is 0 Å². The predicted octanol–water partition coefficient (Wildman–Crippen LogP) is 2.23. The topological polar surface area (TPSA) is 44.0 Å². The number of hydrogen-bond acceptors (Lipinski definition) is 2. The molecule has 0 spiro atoms. The van der Waals surface area contributed by atoms with E-state index in [1.807, 2.05) is 0 Å². The third kappa shape index (κ3) is 0.971. The molecule has 0 aromatic rings. The quantitative estimate of drug-likeness (QED) is 0.670. The van der Waals surface area contributed by atoms with Crippen molar-refractivity contribution in [3.63, 3.8) is 0 Å². The Bertz CT molecular complexity index is 249. The zero-order valence-electron chi connectivity index (χ0n) is 8.21.